The maximum Gasteiger partial charge on any atom is 0.120 e. The largest absolute Gasteiger partial charge is 0.371 e. The zero-order valence-electron chi connectivity index (χ0n) is 8.81. The topological polar surface area (TPSA) is 53.4 Å². The maximum absolute atomic E-state index is 4.16. The molecule has 0 unspecified atom stereocenters. The van der Waals surface area contributed by atoms with Crippen LogP contribution < -0.4 is 5.32 Å². The summed E-state index contributed by atoms with van der Waals surface area (Å²) in [6, 6.07) is 0. The number of rotatable bonds is 1. The Kier molecular flexibility index (Phi) is 2.62. The van der Waals surface area contributed by atoms with Crippen LogP contribution in [0.2, 0.25) is 0 Å². The first-order valence-corrected chi connectivity index (χ1v) is 4.69. The minimum Gasteiger partial charge on any atom is -0.371 e. The van der Waals surface area contributed by atoms with Crippen molar-refractivity contribution in [3.8, 4) is 0 Å². The number of aliphatic imine (C=N–C) groups is 1. The van der Waals surface area contributed by atoms with Crippen LogP contribution in [0.4, 0.5) is 0 Å². The zero-order valence-corrected chi connectivity index (χ0v) is 8.81. The van der Waals surface area contributed by atoms with Gasteiger partial charge in [-0.05, 0) is 0 Å². The lowest BCUT2D eigenvalue weighted by Crippen LogP contribution is -2.37. The zero-order chi connectivity index (χ0) is 10.7. The molecule has 0 saturated carbocycles. The minimum absolute atomic E-state index is 0.799. The van der Waals surface area contributed by atoms with Gasteiger partial charge in [-0.2, -0.15) is 0 Å². The lowest BCUT2D eigenvalue weighted by Gasteiger charge is -2.25. The maximum atomic E-state index is 4.16. The molecule has 2 rings (SSSR count). The van der Waals surface area contributed by atoms with Crippen molar-refractivity contribution >= 4 is 11.5 Å². The van der Waals surface area contributed by atoms with E-state index in [0.29, 0.717) is 0 Å². The van der Waals surface area contributed by atoms with Crippen LogP contribution in [0.5, 0.6) is 0 Å². The van der Waals surface area contributed by atoms with Gasteiger partial charge in [0, 0.05) is 38.3 Å². The van der Waals surface area contributed by atoms with E-state index in [9.17, 15) is 0 Å². The SMILES string of the molecule is CN=C1CN(C)C=C(c2cncnc2)N1. The Morgan fingerprint density at radius 1 is 1.40 bits per heavy atom. The molecule has 78 valence electrons. The van der Waals surface area contributed by atoms with E-state index in [1.54, 1.807) is 19.4 Å². The Morgan fingerprint density at radius 2 is 2.13 bits per heavy atom. The van der Waals surface area contributed by atoms with E-state index in [-0.39, 0.29) is 0 Å². The van der Waals surface area contributed by atoms with Crippen LogP contribution in [0.1, 0.15) is 5.56 Å². The number of amidine groups is 1. The van der Waals surface area contributed by atoms with Gasteiger partial charge < -0.3 is 10.2 Å². The molecule has 0 atom stereocenters. The lowest BCUT2D eigenvalue weighted by molar-refractivity contribution is 0.510. The van der Waals surface area contributed by atoms with Gasteiger partial charge in [0.05, 0.1) is 12.2 Å². The van der Waals surface area contributed by atoms with E-state index in [1.807, 2.05) is 13.2 Å². The number of aromatic nitrogens is 2. The van der Waals surface area contributed by atoms with E-state index in [4.69, 9.17) is 0 Å². The molecule has 0 aromatic carbocycles. The molecule has 0 bridgehead atoms. The van der Waals surface area contributed by atoms with E-state index < -0.39 is 0 Å². The molecule has 0 amide bonds. The fraction of sp³-hybridized carbons (Fsp3) is 0.300. The monoisotopic (exact) mass is 203 g/mol. The molecule has 1 aromatic heterocycles. The first kappa shape index (κ1) is 9.64. The van der Waals surface area contributed by atoms with Gasteiger partial charge in [-0.1, -0.05) is 0 Å². The van der Waals surface area contributed by atoms with Crippen LogP contribution in [0.25, 0.3) is 5.70 Å². The number of nitrogens with zero attached hydrogens (tertiary/aromatic N) is 4. The van der Waals surface area contributed by atoms with E-state index >= 15 is 0 Å². The highest BCUT2D eigenvalue weighted by molar-refractivity contribution is 5.93. The molecule has 2 heterocycles. The van der Waals surface area contributed by atoms with Gasteiger partial charge in [0.25, 0.3) is 0 Å². The molecule has 0 spiro atoms. The van der Waals surface area contributed by atoms with E-state index in [0.717, 1.165) is 23.6 Å². The smallest absolute Gasteiger partial charge is 0.120 e. The number of nitrogens with one attached hydrogen (secondary N) is 1. The molecule has 5 nitrogen and oxygen atoms in total. The van der Waals surface area contributed by atoms with Gasteiger partial charge in [0.2, 0.25) is 0 Å². The summed E-state index contributed by atoms with van der Waals surface area (Å²) in [6.07, 6.45) is 7.09. The van der Waals surface area contributed by atoms with Crippen LogP contribution in [-0.4, -0.2) is 41.3 Å². The van der Waals surface area contributed by atoms with Crippen molar-refractivity contribution in [3.63, 3.8) is 0 Å². The van der Waals surface area contributed by atoms with E-state index in [1.165, 1.54) is 6.33 Å². The summed E-state index contributed by atoms with van der Waals surface area (Å²) in [5.41, 5.74) is 1.94. The summed E-state index contributed by atoms with van der Waals surface area (Å²) < 4.78 is 0. The predicted molar refractivity (Wildman–Crippen MR) is 59.1 cm³/mol. The summed E-state index contributed by atoms with van der Waals surface area (Å²) in [6.45, 7) is 0.799. The highest BCUT2D eigenvalue weighted by Crippen LogP contribution is 2.12. The number of hydrogen-bond donors (Lipinski definition) is 1. The first-order chi connectivity index (χ1) is 7.29. The van der Waals surface area contributed by atoms with Gasteiger partial charge in [-0.25, -0.2) is 9.97 Å². The molecule has 1 aromatic rings. The molecule has 1 aliphatic rings. The molecule has 0 aliphatic carbocycles. The van der Waals surface area contributed by atoms with Gasteiger partial charge in [0.1, 0.15) is 12.2 Å². The van der Waals surface area contributed by atoms with Gasteiger partial charge in [-0.15, -0.1) is 0 Å². The Hall–Kier alpha value is -1.91. The molecular formula is C10H13N5. The highest BCUT2D eigenvalue weighted by Gasteiger charge is 2.13. The molecule has 0 saturated heterocycles. The highest BCUT2D eigenvalue weighted by atomic mass is 15.2. The lowest BCUT2D eigenvalue weighted by atomic mass is 10.2. The Balaban J connectivity index is 2.30. The normalized spacial score (nSPS) is 18.7. The average Bonchev–Trinajstić information content (AvgIpc) is 2.29. The quantitative estimate of drug-likeness (QED) is 0.715. The summed E-state index contributed by atoms with van der Waals surface area (Å²) in [4.78, 5) is 14.2. The summed E-state index contributed by atoms with van der Waals surface area (Å²) in [7, 11) is 3.79. The van der Waals surface area contributed by atoms with Crippen LogP contribution in [-0.2, 0) is 0 Å². The fourth-order valence-corrected chi connectivity index (χ4v) is 1.44. The van der Waals surface area contributed by atoms with Gasteiger partial charge >= 0.3 is 0 Å². The van der Waals surface area contributed by atoms with E-state index in [2.05, 4.69) is 25.2 Å². The van der Waals surface area contributed by atoms with Crippen molar-refractivity contribution in [2.24, 2.45) is 4.99 Å². The van der Waals surface area contributed by atoms with Crippen LogP contribution in [0.15, 0.2) is 29.9 Å². The molecule has 1 N–H and O–H groups in total. The molecule has 0 fully saturated rings. The second kappa shape index (κ2) is 4.08. The number of hydrogen-bond acceptors (Lipinski definition) is 4. The fourth-order valence-electron chi connectivity index (χ4n) is 1.44. The summed E-state index contributed by atoms with van der Waals surface area (Å²) >= 11 is 0. The predicted octanol–water partition coefficient (Wildman–Crippen LogP) is 0.338. The van der Waals surface area contributed by atoms with Crippen molar-refractivity contribution in [2.45, 2.75) is 0 Å². The van der Waals surface area contributed by atoms with Crippen LogP contribution in [0, 0.1) is 0 Å². The van der Waals surface area contributed by atoms with Gasteiger partial charge in [0.15, 0.2) is 0 Å². The van der Waals surface area contributed by atoms with Crippen molar-refractivity contribution in [2.75, 3.05) is 20.6 Å². The van der Waals surface area contributed by atoms with Crippen LogP contribution in [0.3, 0.4) is 0 Å². The molecular weight excluding hydrogens is 190 g/mol. The third kappa shape index (κ3) is 2.12. The minimum atomic E-state index is 0.799. The Bertz CT molecular complexity index is 396. The molecule has 1 aliphatic heterocycles. The van der Waals surface area contributed by atoms with Crippen LogP contribution >= 0.6 is 0 Å². The Morgan fingerprint density at radius 3 is 2.80 bits per heavy atom. The summed E-state index contributed by atoms with van der Waals surface area (Å²) in [5.74, 6) is 0.943. The van der Waals surface area contributed by atoms with Crippen molar-refractivity contribution < 1.29 is 0 Å². The third-order valence-electron chi connectivity index (χ3n) is 2.17. The first-order valence-electron chi connectivity index (χ1n) is 4.69. The van der Waals surface area contributed by atoms with Crippen molar-refractivity contribution in [1.29, 1.82) is 0 Å². The molecule has 5 heteroatoms. The second-order valence-electron chi connectivity index (χ2n) is 3.38. The third-order valence-corrected chi connectivity index (χ3v) is 2.17. The number of likely N-dealkylation sites (N-methyl/N-ethyl adjacent to an activating group) is 1. The standard InChI is InChI=1S/C10H13N5/c1-11-10-6-15(2)5-9(14-10)8-3-12-7-13-4-8/h3-5,7H,6H2,1-2H3,(H,11,14). The van der Waals surface area contributed by atoms with Crippen molar-refractivity contribution in [1.82, 2.24) is 20.2 Å². The Labute approximate surface area is 88.6 Å². The second-order valence-corrected chi connectivity index (χ2v) is 3.38. The molecule has 0 radical (unpaired) electrons. The van der Waals surface area contributed by atoms with Crippen molar-refractivity contribution in [3.05, 3.63) is 30.5 Å². The average molecular weight is 203 g/mol. The van der Waals surface area contributed by atoms with Gasteiger partial charge in [-0.3, -0.25) is 4.99 Å². The molecule has 15 heavy (non-hydrogen) atoms. The summed E-state index contributed by atoms with van der Waals surface area (Å²) in [5, 5.41) is 3.24.